The molecule has 3 nitrogen and oxygen atoms in total. The van der Waals surface area contributed by atoms with Crippen molar-refractivity contribution in [3.63, 3.8) is 0 Å². The van der Waals surface area contributed by atoms with Gasteiger partial charge >= 0.3 is 0 Å². The number of fused-ring (bicyclic) bond motifs is 10. The minimum atomic E-state index is -0.194. The van der Waals surface area contributed by atoms with Gasteiger partial charge in [0.15, 0.2) is 0 Å². The van der Waals surface area contributed by atoms with Crippen LogP contribution in [0.2, 0.25) is 0 Å². The van der Waals surface area contributed by atoms with Crippen LogP contribution >= 0.6 is 22.7 Å². The molecule has 6 aromatic carbocycles. The van der Waals surface area contributed by atoms with Gasteiger partial charge < -0.3 is 9.88 Å². The van der Waals surface area contributed by atoms with Gasteiger partial charge in [0.2, 0.25) is 0 Å². The fourth-order valence-electron chi connectivity index (χ4n) is 6.88. The van der Waals surface area contributed by atoms with Gasteiger partial charge in [-0.25, -0.2) is 4.99 Å². The van der Waals surface area contributed by atoms with E-state index in [1.54, 1.807) is 11.3 Å². The van der Waals surface area contributed by atoms with Crippen molar-refractivity contribution in [3.8, 4) is 0 Å². The molecule has 1 atom stereocenters. The average molecular weight is 586 g/mol. The lowest BCUT2D eigenvalue weighted by Crippen LogP contribution is -2.29. The van der Waals surface area contributed by atoms with E-state index in [9.17, 15) is 0 Å². The zero-order valence-electron chi connectivity index (χ0n) is 22.9. The van der Waals surface area contributed by atoms with Crippen LogP contribution < -0.4 is 5.32 Å². The Hall–Kier alpha value is -4.97. The summed E-state index contributed by atoms with van der Waals surface area (Å²) in [5.41, 5.74) is 5.70. The maximum atomic E-state index is 5.48. The number of aliphatic imine (C=N–C) groups is 1. The van der Waals surface area contributed by atoms with Gasteiger partial charge in [-0.2, -0.15) is 0 Å². The van der Waals surface area contributed by atoms with Crippen molar-refractivity contribution in [2.75, 3.05) is 5.32 Å². The lowest BCUT2D eigenvalue weighted by Gasteiger charge is -2.29. The fourth-order valence-corrected chi connectivity index (χ4v) is 9.08. The smallest absolute Gasteiger partial charge is 0.148 e. The summed E-state index contributed by atoms with van der Waals surface area (Å²) < 4.78 is 6.32. The lowest BCUT2D eigenvalue weighted by atomic mass is 10.0. The number of nitrogens with one attached hydrogen (secondary N) is 1. The Balaban J connectivity index is 1.28. The van der Waals surface area contributed by atoms with Gasteiger partial charge in [0.1, 0.15) is 11.2 Å². The first-order valence-electron chi connectivity index (χ1n) is 14.5. The third kappa shape index (κ3) is 3.38. The first-order chi connectivity index (χ1) is 21.3. The highest BCUT2D eigenvalue weighted by Crippen LogP contribution is 2.48. The number of nitrogens with zero attached hydrogens (tertiary/aromatic N) is 2. The van der Waals surface area contributed by atoms with E-state index >= 15 is 0 Å². The van der Waals surface area contributed by atoms with Crippen LogP contribution in [-0.4, -0.2) is 10.3 Å². The molecule has 43 heavy (non-hydrogen) atoms. The lowest BCUT2D eigenvalue weighted by molar-refractivity contribution is 0.761. The van der Waals surface area contributed by atoms with Crippen molar-refractivity contribution in [3.05, 3.63) is 133 Å². The first kappa shape index (κ1) is 23.6. The van der Waals surface area contributed by atoms with Crippen molar-refractivity contribution in [1.29, 1.82) is 0 Å². The van der Waals surface area contributed by atoms with Crippen molar-refractivity contribution < 1.29 is 0 Å². The molecule has 1 aliphatic rings. The molecule has 4 heterocycles. The van der Waals surface area contributed by atoms with E-state index < -0.39 is 0 Å². The van der Waals surface area contributed by atoms with E-state index in [0.717, 1.165) is 22.0 Å². The molecular weight excluding hydrogens is 563 g/mol. The SMILES string of the molecule is c1ccc2cc3c(cc2c1)c1ccccc1n3C1Nc2c(sc3ccccc23)N=C1c1ccc2c(c1)sc1ccccc12. The Morgan fingerprint density at radius 1 is 0.535 bits per heavy atom. The summed E-state index contributed by atoms with van der Waals surface area (Å²) in [7, 11) is 0. The number of para-hydroxylation sites is 1. The average Bonchev–Trinajstić information content (AvgIpc) is 3.71. The minimum Gasteiger partial charge on any atom is -0.357 e. The van der Waals surface area contributed by atoms with Gasteiger partial charge in [-0.15, -0.1) is 22.7 Å². The van der Waals surface area contributed by atoms with Gasteiger partial charge in [0.05, 0.1) is 22.4 Å². The summed E-state index contributed by atoms with van der Waals surface area (Å²) in [6.45, 7) is 0. The molecule has 1 N–H and O–H groups in total. The van der Waals surface area contributed by atoms with Crippen molar-refractivity contribution >= 4 is 102 Å². The molecule has 1 aliphatic heterocycles. The third-order valence-corrected chi connectivity index (χ3v) is 11.0. The number of thiophene rings is 2. The van der Waals surface area contributed by atoms with Crippen molar-refractivity contribution in [2.24, 2.45) is 4.99 Å². The molecule has 3 aromatic heterocycles. The number of anilines is 1. The van der Waals surface area contributed by atoms with Crippen LogP contribution in [0.5, 0.6) is 0 Å². The topological polar surface area (TPSA) is 29.3 Å². The van der Waals surface area contributed by atoms with E-state index in [1.807, 2.05) is 11.3 Å². The Morgan fingerprint density at radius 2 is 1.21 bits per heavy atom. The quantitative estimate of drug-likeness (QED) is 0.215. The predicted octanol–water partition coefficient (Wildman–Crippen LogP) is 11.3. The summed E-state index contributed by atoms with van der Waals surface area (Å²) in [5, 5.41) is 13.9. The second-order valence-electron chi connectivity index (χ2n) is 11.2. The Morgan fingerprint density at radius 3 is 2.07 bits per heavy atom. The number of rotatable bonds is 2. The number of hydrogen-bond donors (Lipinski definition) is 1. The molecular formula is C38H23N3S2. The van der Waals surface area contributed by atoms with E-state index in [1.165, 1.54) is 62.8 Å². The fraction of sp³-hybridized carbons (Fsp3) is 0.0263. The molecule has 9 aromatic rings. The summed E-state index contributed by atoms with van der Waals surface area (Å²) in [6.07, 6.45) is -0.194. The Bertz CT molecular complexity index is 2620. The van der Waals surface area contributed by atoms with Crippen LogP contribution in [0.3, 0.4) is 0 Å². The van der Waals surface area contributed by atoms with E-state index in [0.29, 0.717) is 0 Å². The highest BCUT2D eigenvalue weighted by Gasteiger charge is 2.31. The molecule has 0 saturated carbocycles. The third-order valence-electron chi connectivity index (χ3n) is 8.85. The largest absolute Gasteiger partial charge is 0.357 e. The molecule has 0 fully saturated rings. The molecule has 0 aliphatic carbocycles. The number of hydrogen-bond acceptors (Lipinski definition) is 4. The molecule has 1 unspecified atom stereocenters. The van der Waals surface area contributed by atoms with Crippen molar-refractivity contribution in [2.45, 2.75) is 6.17 Å². The van der Waals surface area contributed by atoms with Gasteiger partial charge in [-0.1, -0.05) is 91.0 Å². The van der Waals surface area contributed by atoms with Gasteiger partial charge in [-0.3, -0.25) is 0 Å². The molecule has 10 rings (SSSR count). The normalized spacial score (nSPS) is 15.1. The molecule has 0 amide bonds. The van der Waals surface area contributed by atoms with Gasteiger partial charge in [0, 0.05) is 46.6 Å². The van der Waals surface area contributed by atoms with E-state index in [2.05, 4.69) is 137 Å². The highest BCUT2D eigenvalue weighted by molar-refractivity contribution is 7.25. The molecule has 202 valence electrons. The molecule has 0 spiro atoms. The maximum Gasteiger partial charge on any atom is 0.148 e. The standard InChI is InChI=1S/C38H23N3S2/c1-2-10-23-20-31-29(19-22(23)9-1)25-11-3-6-14-30(25)41(31)37-35(40-38-36(39-37)28-13-5-8-16-33(28)43-38)24-17-18-27-26-12-4-7-15-32(26)42-34(27)21-24/h1-21,37,39H. The van der Waals surface area contributed by atoms with Crippen LogP contribution in [-0.2, 0) is 0 Å². The van der Waals surface area contributed by atoms with Gasteiger partial charge in [0.25, 0.3) is 0 Å². The summed E-state index contributed by atoms with van der Waals surface area (Å²) in [4.78, 5) is 5.48. The molecule has 5 heteroatoms. The second kappa shape index (κ2) is 8.77. The second-order valence-corrected chi connectivity index (χ2v) is 13.3. The monoisotopic (exact) mass is 585 g/mol. The summed E-state index contributed by atoms with van der Waals surface area (Å²) >= 11 is 3.61. The van der Waals surface area contributed by atoms with Gasteiger partial charge in [-0.05, 0) is 47.2 Å². The highest BCUT2D eigenvalue weighted by atomic mass is 32.1. The first-order valence-corrected chi connectivity index (χ1v) is 16.1. The minimum absolute atomic E-state index is 0.194. The van der Waals surface area contributed by atoms with Crippen LogP contribution in [0.25, 0.3) is 62.8 Å². The number of benzene rings is 6. The Kier molecular flexibility index (Phi) is 4.81. The summed E-state index contributed by atoms with van der Waals surface area (Å²) in [5.74, 6) is 0. The zero-order chi connectivity index (χ0) is 28.1. The predicted molar refractivity (Wildman–Crippen MR) is 187 cm³/mol. The Labute approximate surface area is 255 Å². The maximum absolute atomic E-state index is 5.48. The van der Waals surface area contributed by atoms with Crippen molar-refractivity contribution in [1.82, 2.24) is 4.57 Å². The summed E-state index contributed by atoms with van der Waals surface area (Å²) in [6, 6.07) is 46.3. The van der Waals surface area contributed by atoms with Crippen LogP contribution in [0, 0.1) is 0 Å². The van der Waals surface area contributed by atoms with Crippen LogP contribution in [0.4, 0.5) is 10.7 Å². The molecule has 0 radical (unpaired) electrons. The molecule has 0 saturated heterocycles. The van der Waals surface area contributed by atoms with E-state index in [4.69, 9.17) is 4.99 Å². The van der Waals surface area contributed by atoms with Crippen LogP contribution in [0.15, 0.2) is 132 Å². The number of aromatic nitrogens is 1. The molecule has 0 bridgehead atoms. The zero-order valence-corrected chi connectivity index (χ0v) is 24.5. The van der Waals surface area contributed by atoms with E-state index in [-0.39, 0.29) is 6.17 Å². The van der Waals surface area contributed by atoms with Crippen LogP contribution in [0.1, 0.15) is 11.7 Å².